The summed E-state index contributed by atoms with van der Waals surface area (Å²) >= 11 is 18.1. The average Bonchev–Trinajstić information content (AvgIpc) is 3.76. The molecule has 0 radical (unpaired) electrons. The van der Waals surface area contributed by atoms with Gasteiger partial charge in [-0.05, 0) is 136 Å². The molecule has 1 atom stereocenters. The van der Waals surface area contributed by atoms with Crippen molar-refractivity contribution >= 4 is 52.3 Å². The number of carbonyl (C=O) groups excluding carboxylic acids is 3. The van der Waals surface area contributed by atoms with Crippen LogP contribution >= 0.6 is 34.8 Å². The maximum Gasteiger partial charge on any atom is 0.255 e. The second-order valence-corrected chi connectivity index (χ2v) is 21.4. The standard InChI is InChI=1S/C16H21ClO2.C15H20ClNO2.C14H19ClO2.C10H15NO2/c1-9(2)12-6-11(7-12)8-14(18)13-5-4-10(3)16(19)15(13)17;1-9(2)11-6-7-17(8-11)15(19)12-5-4-10(3)14(18)13(12)16;1-9(2)5-4-6-12(16)11-8-7-10(3)14(17)13(11)15;1-7(2)4-9-5-10(12)8(3)6-11(9)13/h4-5,9,11-12,19H,6-8H2,1-3H3;4-5,9,11,18H,6-8H2,1-3H3;7-9,17H,4-6H2,1-3H3;5-7,13H,4H2,1-3H3/t;11-;;/m.0../s1. The zero-order valence-corrected chi connectivity index (χ0v) is 44.4. The summed E-state index contributed by atoms with van der Waals surface area (Å²) in [6.07, 6.45) is 8.41. The van der Waals surface area contributed by atoms with Crippen molar-refractivity contribution in [1.82, 2.24) is 9.63 Å². The molecule has 0 bridgehead atoms. The molecule has 4 aromatic rings. The quantitative estimate of drug-likeness (QED) is 0.0762. The number of rotatable bonds is 13. The number of likely N-dealkylation sites (tertiary alicyclic amines) is 1. The maximum atomic E-state index is 12.4. The molecule has 6 rings (SSSR count). The van der Waals surface area contributed by atoms with Gasteiger partial charge in [0.2, 0.25) is 0 Å². The largest absolute Gasteiger partial charge is 0.506 e. The van der Waals surface area contributed by atoms with Crippen LogP contribution in [-0.4, -0.2) is 60.7 Å². The SMILES string of the molecule is Cc1ccc(C(=O)CC2CC(C(C)C)C2)c(Cl)c1O.Cc1ccc(C(=O)CCCC(C)C)c(Cl)c1O.Cc1ccc(C(=O)N2CC[C@H](C(C)C)C2)c(Cl)c1O.Cc1cn(O)c(CC(C)C)cc1=O. The van der Waals surface area contributed by atoms with Crippen molar-refractivity contribution in [3.05, 3.63) is 119 Å². The summed E-state index contributed by atoms with van der Waals surface area (Å²) < 4.78 is 1.04. The highest BCUT2D eigenvalue weighted by Crippen LogP contribution is 2.42. The highest BCUT2D eigenvalue weighted by atomic mass is 35.5. The maximum absolute atomic E-state index is 12.4. The smallest absolute Gasteiger partial charge is 0.255 e. The number of nitrogens with zero attached hydrogens (tertiary/aromatic N) is 2. The van der Waals surface area contributed by atoms with Crippen LogP contribution in [0.3, 0.4) is 0 Å². The van der Waals surface area contributed by atoms with Crippen molar-refractivity contribution in [3.8, 4) is 17.2 Å². The fraction of sp³-hybridized carbons (Fsp3) is 0.527. The molecular weight excluding hydrogens is 923 g/mol. The Balaban J connectivity index is 0.000000243. The summed E-state index contributed by atoms with van der Waals surface area (Å²) in [6, 6.07) is 11.8. The van der Waals surface area contributed by atoms with Crippen LogP contribution in [0.5, 0.6) is 17.2 Å². The predicted octanol–water partition coefficient (Wildman–Crippen LogP) is 14.0. The van der Waals surface area contributed by atoms with E-state index in [1.165, 1.54) is 12.3 Å². The number of carbonyl (C=O) groups is 3. The molecule has 10 nitrogen and oxygen atoms in total. The number of phenolic OH excluding ortho intramolecular Hbond substituents is 3. The zero-order valence-electron chi connectivity index (χ0n) is 42.2. The lowest BCUT2D eigenvalue weighted by molar-refractivity contribution is 0.0782. The third kappa shape index (κ3) is 16.3. The Labute approximate surface area is 419 Å². The van der Waals surface area contributed by atoms with Crippen LogP contribution in [0.4, 0.5) is 0 Å². The predicted molar refractivity (Wildman–Crippen MR) is 277 cm³/mol. The Bertz CT molecular complexity index is 2420. The van der Waals surface area contributed by atoms with Gasteiger partial charge < -0.3 is 25.4 Å². The number of hydrogen-bond donors (Lipinski definition) is 4. The third-order valence-corrected chi connectivity index (χ3v) is 14.2. The number of amides is 1. The van der Waals surface area contributed by atoms with E-state index in [9.17, 15) is 39.7 Å². The molecule has 3 aromatic carbocycles. The molecule has 1 aliphatic carbocycles. The molecule has 2 heterocycles. The molecule has 2 fully saturated rings. The van der Waals surface area contributed by atoms with Gasteiger partial charge in [0.1, 0.15) is 17.2 Å². The number of aromatic hydroxyl groups is 3. The number of hydrogen-bond acceptors (Lipinski definition) is 8. The van der Waals surface area contributed by atoms with Crippen LogP contribution in [0, 0.1) is 69.1 Å². The van der Waals surface area contributed by atoms with Crippen LogP contribution < -0.4 is 5.43 Å². The van der Waals surface area contributed by atoms with Crippen molar-refractivity contribution in [3.63, 3.8) is 0 Å². The average molecular weight is 999 g/mol. The van der Waals surface area contributed by atoms with E-state index >= 15 is 0 Å². The minimum Gasteiger partial charge on any atom is -0.506 e. The Kier molecular flexibility index (Phi) is 22.5. The lowest BCUT2D eigenvalue weighted by Crippen LogP contribution is -2.29. The van der Waals surface area contributed by atoms with Gasteiger partial charge in [0.15, 0.2) is 17.0 Å². The molecule has 1 amide bonds. The summed E-state index contributed by atoms with van der Waals surface area (Å²) in [6.45, 7) is 25.7. The summed E-state index contributed by atoms with van der Waals surface area (Å²) in [7, 11) is 0. The Hall–Kier alpha value is -4.51. The number of pyridine rings is 1. The summed E-state index contributed by atoms with van der Waals surface area (Å²) in [5.74, 6) is 4.15. The van der Waals surface area contributed by atoms with Crippen molar-refractivity contribution in [2.45, 2.75) is 134 Å². The molecule has 0 spiro atoms. The number of aryl methyl sites for hydroxylation is 4. The van der Waals surface area contributed by atoms with E-state index < -0.39 is 0 Å². The van der Waals surface area contributed by atoms with Crippen molar-refractivity contribution in [2.24, 2.45) is 41.4 Å². The first-order valence-electron chi connectivity index (χ1n) is 24.0. The van der Waals surface area contributed by atoms with Gasteiger partial charge in [0.25, 0.3) is 5.91 Å². The van der Waals surface area contributed by atoms with E-state index in [0.29, 0.717) is 99.4 Å². The molecule has 4 N–H and O–H groups in total. The minimum absolute atomic E-state index is 0.00551. The van der Waals surface area contributed by atoms with Crippen LogP contribution in [0.15, 0.2) is 53.5 Å². The van der Waals surface area contributed by atoms with E-state index in [1.54, 1.807) is 64.1 Å². The molecular formula is C55H75Cl3N2O8. The summed E-state index contributed by atoms with van der Waals surface area (Å²) in [4.78, 5) is 49.6. The van der Waals surface area contributed by atoms with Gasteiger partial charge in [-0.3, -0.25) is 19.2 Å². The molecule has 1 aromatic heterocycles. The van der Waals surface area contributed by atoms with E-state index in [0.717, 1.165) is 55.8 Å². The van der Waals surface area contributed by atoms with Crippen LogP contribution in [0.25, 0.3) is 0 Å². The lowest BCUT2D eigenvalue weighted by Gasteiger charge is -2.37. The number of halogens is 3. The topological polar surface area (TPSA) is 157 Å². The van der Waals surface area contributed by atoms with E-state index in [4.69, 9.17) is 34.8 Å². The highest BCUT2D eigenvalue weighted by molar-refractivity contribution is 6.36. The number of benzene rings is 3. The molecule has 1 aliphatic heterocycles. The van der Waals surface area contributed by atoms with Gasteiger partial charge in [0, 0.05) is 48.7 Å². The van der Waals surface area contributed by atoms with Crippen LogP contribution in [-0.2, 0) is 6.42 Å². The van der Waals surface area contributed by atoms with E-state index in [2.05, 4.69) is 41.5 Å². The summed E-state index contributed by atoms with van der Waals surface area (Å²) in [5.41, 5.74) is 4.58. The Morgan fingerprint density at radius 3 is 1.59 bits per heavy atom. The first-order chi connectivity index (χ1) is 31.7. The molecule has 2 aliphatic rings. The third-order valence-electron chi connectivity index (χ3n) is 13.0. The second kappa shape index (κ2) is 26.5. The second-order valence-electron chi connectivity index (χ2n) is 20.3. The fourth-order valence-electron chi connectivity index (χ4n) is 8.17. The highest BCUT2D eigenvalue weighted by Gasteiger charge is 2.33. The van der Waals surface area contributed by atoms with Crippen LogP contribution in [0.1, 0.15) is 159 Å². The normalized spacial score (nSPS) is 16.4. The number of Topliss-reactive ketones (excluding diaryl/α,β-unsaturated/α-hetero) is 2. The van der Waals surface area contributed by atoms with Crippen molar-refractivity contribution in [1.29, 1.82) is 0 Å². The van der Waals surface area contributed by atoms with E-state index in [-0.39, 0.29) is 55.2 Å². The zero-order chi connectivity index (χ0) is 51.3. The Morgan fingerprint density at radius 2 is 1.13 bits per heavy atom. The molecule has 1 saturated heterocycles. The van der Waals surface area contributed by atoms with Gasteiger partial charge in [-0.2, -0.15) is 4.73 Å². The molecule has 1 saturated carbocycles. The molecule has 0 unspecified atom stereocenters. The van der Waals surface area contributed by atoms with Gasteiger partial charge >= 0.3 is 0 Å². The number of phenols is 3. The van der Waals surface area contributed by atoms with Gasteiger partial charge in [-0.1, -0.05) is 115 Å². The van der Waals surface area contributed by atoms with Gasteiger partial charge in [-0.25, -0.2) is 0 Å². The Morgan fingerprint density at radius 1 is 0.662 bits per heavy atom. The summed E-state index contributed by atoms with van der Waals surface area (Å²) in [5, 5.41) is 39.2. The van der Waals surface area contributed by atoms with Gasteiger partial charge in [-0.15, -0.1) is 0 Å². The molecule has 68 heavy (non-hydrogen) atoms. The fourth-order valence-corrected chi connectivity index (χ4v) is 9.10. The van der Waals surface area contributed by atoms with E-state index in [1.807, 2.05) is 18.7 Å². The molecule has 13 heteroatoms. The minimum atomic E-state index is -0.0801. The van der Waals surface area contributed by atoms with Gasteiger partial charge in [0.05, 0.1) is 32.5 Å². The monoisotopic (exact) mass is 996 g/mol. The van der Waals surface area contributed by atoms with Crippen molar-refractivity contribution < 1.29 is 34.9 Å². The van der Waals surface area contributed by atoms with Crippen molar-refractivity contribution in [2.75, 3.05) is 13.1 Å². The van der Waals surface area contributed by atoms with Crippen LogP contribution in [0.2, 0.25) is 15.1 Å². The first-order valence-corrected chi connectivity index (χ1v) is 25.1. The molecule has 374 valence electrons. The number of ketones is 2. The lowest BCUT2D eigenvalue weighted by atomic mass is 9.67. The number of aromatic nitrogens is 1. The first kappa shape index (κ1) is 57.8.